The molecule has 1 N–H and O–H groups in total. The van der Waals surface area contributed by atoms with Gasteiger partial charge in [0.25, 0.3) is 0 Å². The fourth-order valence-electron chi connectivity index (χ4n) is 2.30. The lowest BCUT2D eigenvalue weighted by Gasteiger charge is -2.14. The van der Waals surface area contributed by atoms with Gasteiger partial charge in [-0.05, 0) is 42.3 Å². The average Bonchev–Trinajstić information content (AvgIpc) is 2.57. The number of methoxy groups -OCH3 is 3. The fraction of sp³-hybridized carbons (Fsp3) is 0.278. The molecule has 2 rings (SSSR count). The zero-order chi connectivity index (χ0) is 17.7. The van der Waals surface area contributed by atoms with Crippen molar-refractivity contribution in [2.24, 2.45) is 0 Å². The van der Waals surface area contributed by atoms with Crippen LogP contribution in [0.15, 0.2) is 34.8 Å². The zero-order valence-electron chi connectivity index (χ0n) is 14.1. The van der Waals surface area contributed by atoms with Crippen LogP contribution in [-0.4, -0.2) is 27.2 Å². The largest absolute Gasteiger partial charge is 0.493 e. The molecule has 0 bridgehead atoms. The Labute approximate surface area is 150 Å². The maximum absolute atomic E-state index is 12.3. The first-order chi connectivity index (χ1) is 11.5. The van der Waals surface area contributed by atoms with E-state index >= 15 is 0 Å². The highest BCUT2D eigenvalue weighted by Gasteiger charge is 2.15. The molecule has 24 heavy (non-hydrogen) atoms. The van der Waals surface area contributed by atoms with Crippen LogP contribution in [-0.2, 0) is 11.2 Å². The average molecular weight is 394 g/mol. The summed E-state index contributed by atoms with van der Waals surface area (Å²) in [6.45, 7) is 1.99. The third kappa shape index (κ3) is 4.20. The van der Waals surface area contributed by atoms with Crippen LogP contribution in [0, 0.1) is 6.92 Å². The normalized spacial score (nSPS) is 10.2. The molecule has 0 unspecified atom stereocenters. The summed E-state index contributed by atoms with van der Waals surface area (Å²) < 4.78 is 16.8. The van der Waals surface area contributed by atoms with Gasteiger partial charge in [0.1, 0.15) is 0 Å². The molecular formula is C18H20BrNO4. The Morgan fingerprint density at radius 1 is 1.04 bits per heavy atom. The van der Waals surface area contributed by atoms with Crippen molar-refractivity contribution in [2.75, 3.05) is 26.6 Å². The molecule has 2 aromatic carbocycles. The second kappa shape index (κ2) is 8.06. The van der Waals surface area contributed by atoms with Crippen molar-refractivity contribution in [3.05, 3.63) is 45.9 Å². The van der Waals surface area contributed by atoms with Gasteiger partial charge >= 0.3 is 0 Å². The second-order valence-electron chi connectivity index (χ2n) is 5.22. The molecular weight excluding hydrogens is 374 g/mol. The number of hydrogen-bond donors (Lipinski definition) is 1. The van der Waals surface area contributed by atoms with E-state index in [1.807, 2.05) is 25.1 Å². The number of nitrogens with one attached hydrogen (secondary N) is 1. The molecule has 128 valence electrons. The molecule has 0 aromatic heterocycles. The van der Waals surface area contributed by atoms with Gasteiger partial charge < -0.3 is 19.5 Å². The summed E-state index contributed by atoms with van der Waals surface area (Å²) in [4.78, 5) is 12.3. The van der Waals surface area contributed by atoms with E-state index in [1.54, 1.807) is 33.5 Å². The van der Waals surface area contributed by atoms with Gasteiger partial charge in [0, 0.05) is 10.2 Å². The SMILES string of the molecule is COc1cc(CC(=O)Nc2ccc(C)c(Br)c2)cc(OC)c1OC. The molecule has 0 saturated heterocycles. The second-order valence-corrected chi connectivity index (χ2v) is 6.08. The summed E-state index contributed by atoms with van der Waals surface area (Å²) >= 11 is 3.46. The van der Waals surface area contributed by atoms with Gasteiger partial charge in [-0.3, -0.25) is 4.79 Å². The number of rotatable bonds is 6. The van der Waals surface area contributed by atoms with E-state index in [0.29, 0.717) is 17.2 Å². The van der Waals surface area contributed by atoms with Gasteiger partial charge in [0.2, 0.25) is 11.7 Å². The van der Waals surface area contributed by atoms with Crippen LogP contribution in [0.25, 0.3) is 0 Å². The smallest absolute Gasteiger partial charge is 0.228 e. The third-order valence-electron chi connectivity index (χ3n) is 3.54. The maximum Gasteiger partial charge on any atom is 0.228 e. The number of ether oxygens (including phenoxy) is 3. The van der Waals surface area contributed by atoms with Gasteiger partial charge in [-0.15, -0.1) is 0 Å². The lowest BCUT2D eigenvalue weighted by Crippen LogP contribution is -2.14. The fourth-order valence-corrected chi connectivity index (χ4v) is 2.68. The lowest BCUT2D eigenvalue weighted by molar-refractivity contribution is -0.115. The predicted octanol–water partition coefficient (Wildman–Crippen LogP) is 3.96. The standard InChI is InChI=1S/C18H20BrNO4/c1-11-5-6-13(10-14(11)19)20-17(21)9-12-7-15(22-2)18(24-4)16(8-12)23-3/h5-8,10H,9H2,1-4H3,(H,20,21). The Bertz CT molecular complexity index is 721. The number of carbonyl (C=O) groups is 1. The Balaban J connectivity index is 2.17. The van der Waals surface area contributed by atoms with E-state index in [4.69, 9.17) is 14.2 Å². The highest BCUT2D eigenvalue weighted by molar-refractivity contribution is 9.10. The Morgan fingerprint density at radius 3 is 2.17 bits per heavy atom. The molecule has 1 amide bonds. The number of amides is 1. The lowest BCUT2D eigenvalue weighted by atomic mass is 10.1. The predicted molar refractivity (Wildman–Crippen MR) is 97.3 cm³/mol. The van der Waals surface area contributed by atoms with Gasteiger partial charge in [0.05, 0.1) is 27.8 Å². The van der Waals surface area contributed by atoms with Gasteiger partial charge in [0.15, 0.2) is 11.5 Å². The number of hydrogen-bond acceptors (Lipinski definition) is 4. The maximum atomic E-state index is 12.3. The zero-order valence-corrected chi connectivity index (χ0v) is 15.7. The number of carbonyl (C=O) groups excluding carboxylic acids is 1. The third-order valence-corrected chi connectivity index (χ3v) is 4.40. The minimum atomic E-state index is -0.125. The molecule has 0 fully saturated rings. The van der Waals surface area contributed by atoms with Crippen LogP contribution in [0.2, 0.25) is 0 Å². The number of halogens is 1. The summed E-state index contributed by atoms with van der Waals surface area (Å²) in [6.07, 6.45) is 0.197. The Hall–Kier alpha value is -2.21. The topological polar surface area (TPSA) is 56.8 Å². The van der Waals surface area contributed by atoms with E-state index in [1.165, 1.54) is 0 Å². The molecule has 6 heteroatoms. The monoisotopic (exact) mass is 393 g/mol. The van der Waals surface area contributed by atoms with E-state index in [0.717, 1.165) is 21.3 Å². The van der Waals surface area contributed by atoms with Crippen LogP contribution < -0.4 is 19.5 Å². The molecule has 0 radical (unpaired) electrons. The van der Waals surface area contributed by atoms with E-state index in [2.05, 4.69) is 21.2 Å². The first kappa shape index (κ1) is 18.1. The molecule has 0 atom stereocenters. The molecule has 0 aliphatic heterocycles. The van der Waals surface area contributed by atoms with E-state index < -0.39 is 0 Å². The molecule has 0 saturated carbocycles. The van der Waals surface area contributed by atoms with Crippen molar-refractivity contribution in [1.82, 2.24) is 0 Å². The van der Waals surface area contributed by atoms with Crippen molar-refractivity contribution in [1.29, 1.82) is 0 Å². The van der Waals surface area contributed by atoms with Crippen molar-refractivity contribution >= 4 is 27.5 Å². The van der Waals surface area contributed by atoms with Crippen molar-refractivity contribution in [2.45, 2.75) is 13.3 Å². The van der Waals surface area contributed by atoms with Crippen LogP contribution in [0.1, 0.15) is 11.1 Å². The molecule has 0 spiro atoms. The first-order valence-electron chi connectivity index (χ1n) is 7.33. The van der Waals surface area contributed by atoms with Gasteiger partial charge in [-0.25, -0.2) is 0 Å². The van der Waals surface area contributed by atoms with Gasteiger partial charge in [-0.2, -0.15) is 0 Å². The highest BCUT2D eigenvalue weighted by atomic mass is 79.9. The van der Waals surface area contributed by atoms with E-state index in [-0.39, 0.29) is 12.3 Å². The Kier molecular flexibility index (Phi) is 6.09. The van der Waals surface area contributed by atoms with Crippen LogP contribution in [0.3, 0.4) is 0 Å². The highest BCUT2D eigenvalue weighted by Crippen LogP contribution is 2.38. The van der Waals surface area contributed by atoms with Crippen LogP contribution >= 0.6 is 15.9 Å². The number of anilines is 1. The summed E-state index contributed by atoms with van der Waals surface area (Å²) in [5, 5.41) is 2.88. The van der Waals surface area contributed by atoms with Crippen LogP contribution in [0.5, 0.6) is 17.2 Å². The first-order valence-corrected chi connectivity index (χ1v) is 8.12. The molecule has 0 aliphatic rings. The van der Waals surface area contributed by atoms with E-state index in [9.17, 15) is 4.79 Å². The minimum absolute atomic E-state index is 0.125. The van der Waals surface area contributed by atoms with Crippen LogP contribution in [0.4, 0.5) is 5.69 Å². The summed E-state index contributed by atoms with van der Waals surface area (Å²) in [6, 6.07) is 9.23. The molecule has 0 aliphatic carbocycles. The molecule has 2 aromatic rings. The number of benzene rings is 2. The summed E-state index contributed by atoms with van der Waals surface area (Å²) in [5.41, 5.74) is 2.62. The Morgan fingerprint density at radius 2 is 1.67 bits per heavy atom. The minimum Gasteiger partial charge on any atom is -0.493 e. The number of aryl methyl sites for hydroxylation is 1. The summed E-state index contributed by atoms with van der Waals surface area (Å²) in [5.74, 6) is 1.43. The van der Waals surface area contributed by atoms with Crippen molar-refractivity contribution < 1.29 is 19.0 Å². The van der Waals surface area contributed by atoms with Gasteiger partial charge in [-0.1, -0.05) is 22.0 Å². The quantitative estimate of drug-likeness (QED) is 0.806. The summed E-state index contributed by atoms with van der Waals surface area (Å²) in [7, 11) is 4.64. The molecule has 0 heterocycles. The molecule has 5 nitrogen and oxygen atoms in total. The van der Waals surface area contributed by atoms with Crippen molar-refractivity contribution in [3.63, 3.8) is 0 Å². The van der Waals surface area contributed by atoms with Crippen molar-refractivity contribution in [3.8, 4) is 17.2 Å².